The lowest BCUT2D eigenvalue weighted by Crippen LogP contribution is -2.50. The second-order valence-corrected chi connectivity index (χ2v) is 5.26. The van der Waals surface area contributed by atoms with Gasteiger partial charge < -0.3 is 15.1 Å². The first-order valence-electron chi connectivity index (χ1n) is 7.14. The van der Waals surface area contributed by atoms with Gasteiger partial charge in [0.05, 0.1) is 13.0 Å². The zero-order valence-corrected chi connectivity index (χ0v) is 13.7. The molecule has 0 atom stereocenters. The molecule has 1 fully saturated rings. The smallest absolute Gasteiger partial charge is 0.242 e. The number of hydrogen-bond donors (Lipinski definition) is 1. The Morgan fingerprint density at radius 2 is 1.78 bits per heavy atom. The van der Waals surface area contributed by atoms with Crippen molar-refractivity contribution in [3.63, 3.8) is 0 Å². The fourth-order valence-electron chi connectivity index (χ4n) is 2.29. The normalized spacial score (nSPS) is 14.1. The zero-order valence-electron chi connectivity index (χ0n) is 12.8. The molecule has 1 saturated heterocycles. The van der Waals surface area contributed by atoms with Gasteiger partial charge in [-0.25, -0.2) is 8.78 Å². The maximum absolute atomic E-state index is 13.5. The van der Waals surface area contributed by atoms with Gasteiger partial charge in [0.1, 0.15) is 11.6 Å². The monoisotopic (exact) mass is 347 g/mol. The molecule has 8 heteroatoms. The molecule has 1 aliphatic rings. The van der Waals surface area contributed by atoms with Crippen molar-refractivity contribution in [1.82, 2.24) is 15.1 Å². The number of carbonyl (C=O) groups is 2. The minimum absolute atomic E-state index is 0. The Hall–Kier alpha value is -1.73. The molecule has 1 aliphatic heterocycles. The maximum Gasteiger partial charge on any atom is 0.242 e. The summed E-state index contributed by atoms with van der Waals surface area (Å²) in [6.45, 7) is 2.56. The van der Waals surface area contributed by atoms with Crippen LogP contribution in [0.5, 0.6) is 0 Å². The van der Waals surface area contributed by atoms with Crippen LogP contribution in [0.4, 0.5) is 8.78 Å². The van der Waals surface area contributed by atoms with Crippen LogP contribution in [0, 0.1) is 11.6 Å². The van der Waals surface area contributed by atoms with Gasteiger partial charge in [0, 0.05) is 38.8 Å². The summed E-state index contributed by atoms with van der Waals surface area (Å²) in [6.07, 6.45) is -0.399. The largest absolute Gasteiger partial charge is 0.339 e. The van der Waals surface area contributed by atoms with Crippen LogP contribution in [-0.2, 0) is 16.0 Å². The number of nitrogens with zero attached hydrogens (tertiary/aromatic N) is 2. The SMILES string of the molecule is CN(CC(=O)N1CCNCC1)C(=O)Cc1c(F)cccc1F.Cl. The summed E-state index contributed by atoms with van der Waals surface area (Å²) in [5.41, 5.74) is -0.269. The van der Waals surface area contributed by atoms with E-state index in [1.54, 1.807) is 4.90 Å². The summed E-state index contributed by atoms with van der Waals surface area (Å²) >= 11 is 0. The molecule has 2 amide bonds. The molecule has 2 rings (SSSR count). The van der Waals surface area contributed by atoms with Gasteiger partial charge >= 0.3 is 0 Å². The second kappa shape index (κ2) is 8.79. The third-order valence-corrected chi connectivity index (χ3v) is 3.66. The molecule has 0 bridgehead atoms. The second-order valence-electron chi connectivity index (χ2n) is 5.26. The summed E-state index contributed by atoms with van der Waals surface area (Å²) in [6, 6.07) is 3.46. The number of piperazine rings is 1. The highest BCUT2D eigenvalue weighted by molar-refractivity contribution is 5.86. The number of hydrogen-bond acceptors (Lipinski definition) is 3. The van der Waals surface area contributed by atoms with Crippen LogP contribution in [0.2, 0.25) is 0 Å². The molecule has 0 aliphatic carbocycles. The van der Waals surface area contributed by atoms with E-state index in [-0.39, 0.29) is 30.4 Å². The highest BCUT2D eigenvalue weighted by Crippen LogP contribution is 2.13. The number of likely N-dealkylation sites (N-methyl/N-ethyl adjacent to an activating group) is 1. The van der Waals surface area contributed by atoms with Crippen molar-refractivity contribution in [2.75, 3.05) is 39.8 Å². The molecule has 5 nitrogen and oxygen atoms in total. The first-order chi connectivity index (χ1) is 10.5. The summed E-state index contributed by atoms with van der Waals surface area (Å²) in [5.74, 6) is -2.16. The number of benzene rings is 1. The fraction of sp³-hybridized carbons (Fsp3) is 0.467. The minimum atomic E-state index is -0.754. The van der Waals surface area contributed by atoms with Crippen molar-refractivity contribution in [2.24, 2.45) is 0 Å². The third kappa shape index (κ3) is 5.14. The van der Waals surface area contributed by atoms with Crippen molar-refractivity contribution in [1.29, 1.82) is 0 Å². The van der Waals surface area contributed by atoms with Crippen LogP contribution in [0.3, 0.4) is 0 Å². The van der Waals surface area contributed by atoms with Crippen molar-refractivity contribution >= 4 is 24.2 Å². The van der Waals surface area contributed by atoms with Gasteiger partial charge in [-0.15, -0.1) is 12.4 Å². The van der Waals surface area contributed by atoms with Crippen LogP contribution in [0.25, 0.3) is 0 Å². The van der Waals surface area contributed by atoms with E-state index in [4.69, 9.17) is 0 Å². The maximum atomic E-state index is 13.5. The Morgan fingerprint density at radius 1 is 1.22 bits per heavy atom. The molecule has 0 saturated carbocycles. The number of nitrogens with one attached hydrogen (secondary N) is 1. The molecule has 1 aromatic rings. The number of amides is 2. The van der Waals surface area contributed by atoms with Crippen molar-refractivity contribution in [3.8, 4) is 0 Å². The predicted molar refractivity (Wildman–Crippen MR) is 84.4 cm³/mol. The summed E-state index contributed by atoms with van der Waals surface area (Å²) in [5, 5.41) is 3.13. The van der Waals surface area contributed by atoms with Crippen LogP contribution in [0.1, 0.15) is 5.56 Å². The summed E-state index contributed by atoms with van der Waals surface area (Å²) < 4.78 is 27.1. The van der Waals surface area contributed by atoms with Gasteiger partial charge in [0.15, 0.2) is 0 Å². The highest BCUT2D eigenvalue weighted by atomic mass is 35.5. The van der Waals surface area contributed by atoms with Crippen LogP contribution in [-0.4, -0.2) is 61.4 Å². The summed E-state index contributed by atoms with van der Waals surface area (Å²) in [4.78, 5) is 27.0. The Morgan fingerprint density at radius 3 is 2.35 bits per heavy atom. The Kier molecular flexibility index (Phi) is 7.38. The van der Waals surface area contributed by atoms with E-state index in [9.17, 15) is 18.4 Å². The highest BCUT2D eigenvalue weighted by Gasteiger charge is 2.21. The molecule has 1 aromatic carbocycles. The Labute approximate surface area is 140 Å². The topological polar surface area (TPSA) is 52.7 Å². The minimum Gasteiger partial charge on any atom is -0.339 e. The molecular formula is C15H20ClF2N3O2. The summed E-state index contributed by atoms with van der Waals surface area (Å²) in [7, 11) is 1.46. The Balaban J connectivity index is 0.00000264. The van der Waals surface area contributed by atoms with E-state index >= 15 is 0 Å². The van der Waals surface area contributed by atoms with Gasteiger partial charge in [0.2, 0.25) is 11.8 Å². The first-order valence-corrected chi connectivity index (χ1v) is 7.14. The lowest BCUT2D eigenvalue weighted by molar-refractivity contribution is -0.139. The number of carbonyl (C=O) groups excluding carboxylic acids is 2. The van der Waals surface area contributed by atoms with Crippen LogP contribution >= 0.6 is 12.4 Å². The predicted octanol–water partition coefficient (Wildman–Crippen LogP) is 0.819. The Bertz CT molecular complexity index is 545. The standard InChI is InChI=1S/C15H19F2N3O2.ClH/c1-19(10-15(22)20-7-5-18-6-8-20)14(21)9-11-12(16)3-2-4-13(11)17;/h2-4,18H,5-10H2,1H3;1H. The molecule has 0 spiro atoms. The van der Waals surface area contributed by atoms with Gasteiger partial charge in [-0.3, -0.25) is 9.59 Å². The van der Waals surface area contributed by atoms with E-state index in [0.717, 1.165) is 25.2 Å². The zero-order chi connectivity index (χ0) is 16.1. The van der Waals surface area contributed by atoms with Crippen molar-refractivity contribution in [2.45, 2.75) is 6.42 Å². The molecule has 0 aromatic heterocycles. The molecule has 0 unspecified atom stereocenters. The lowest BCUT2D eigenvalue weighted by atomic mass is 10.1. The van der Waals surface area contributed by atoms with Gasteiger partial charge in [0.25, 0.3) is 0 Å². The van der Waals surface area contributed by atoms with E-state index in [0.29, 0.717) is 13.1 Å². The van der Waals surface area contributed by atoms with Crippen LogP contribution in [0.15, 0.2) is 18.2 Å². The van der Waals surface area contributed by atoms with Crippen LogP contribution < -0.4 is 5.32 Å². The average molecular weight is 348 g/mol. The molecule has 0 radical (unpaired) electrons. The van der Waals surface area contributed by atoms with E-state index in [2.05, 4.69) is 5.32 Å². The molecule has 1 N–H and O–H groups in total. The number of rotatable bonds is 4. The van der Waals surface area contributed by atoms with E-state index in [1.165, 1.54) is 18.0 Å². The quantitative estimate of drug-likeness (QED) is 0.877. The van der Waals surface area contributed by atoms with Crippen molar-refractivity contribution in [3.05, 3.63) is 35.4 Å². The number of halogens is 3. The average Bonchev–Trinajstić information content (AvgIpc) is 2.51. The van der Waals surface area contributed by atoms with Gasteiger partial charge in [-0.2, -0.15) is 0 Å². The third-order valence-electron chi connectivity index (χ3n) is 3.66. The molecule has 1 heterocycles. The molecule has 23 heavy (non-hydrogen) atoms. The lowest BCUT2D eigenvalue weighted by Gasteiger charge is -2.29. The van der Waals surface area contributed by atoms with Gasteiger partial charge in [-0.05, 0) is 12.1 Å². The van der Waals surface area contributed by atoms with Crippen molar-refractivity contribution < 1.29 is 18.4 Å². The molecular weight excluding hydrogens is 328 g/mol. The van der Waals surface area contributed by atoms with E-state index < -0.39 is 24.0 Å². The van der Waals surface area contributed by atoms with Gasteiger partial charge in [-0.1, -0.05) is 6.07 Å². The first kappa shape index (κ1) is 19.3. The fourth-order valence-corrected chi connectivity index (χ4v) is 2.29. The molecule has 128 valence electrons. The van der Waals surface area contributed by atoms with E-state index in [1.807, 2.05) is 0 Å².